The van der Waals surface area contributed by atoms with Gasteiger partial charge in [0.05, 0.1) is 14.2 Å². The van der Waals surface area contributed by atoms with Gasteiger partial charge in [0.1, 0.15) is 23.3 Å². The van der Waals surface area contributed by atoms with E-state index < -0.39 is 47.4 Å². The molecular weight excluding hydrogens is 460 g/mol. The van der Waals surface area contributed by atoms with Crippen LogP contribution in [0.4, 0.5) is 9.59 Å². The molecule has 0 saturated heterocycles. The van der Waals surface area contributed by atoms with Crippen LogP contribution in [0.15, 0.2) is 0 Å². The predicted octanol–water partition coefficient (Wildman–Crippen LogP) is 3.28. The highest BCUT2D eigenvalue weighted by Gasteiger charge is 2.26. The highest BCUT2D eigenvalue weighted by Crippen LogP contribution is 2.24. The zero-order valence-electron chi connectivity index (χ0n) is 20.1. The van der Waals surface area contributed by atoms with Crippen LogP contribution < -0.4 is 10.6 Å². The number of amides is 2. The summed E-state index contributed by atoms with van der Waals surface area (Å²) in [6.07, 6.45) is -0.722. The van der Waals surface area contributed by atoms with Crippen molar-refractivity contribution in [1.82, 2.24) is 10.6 Å². The van der Waals surface area contributed by atoms with Gasteiger partial charge in [0.2, 0.25) is 0 Å². The Morgan fingerprint density at radius 3 is 1.25 bits per heavy atom. The van der Waals surface area contributed by atoms with E-state index in [1.54, 1.807) is 41.5 Å². The van der Waals surface area contributed by atoms with E-state index in [4.69, 9.17) is 18.9 Å². The molecule has 0 spiro atoms. The van der Waals surface area contributed by atoms with Gasteiger partial charge in [-0.3, -0.25) is 0 Å². The number of rotatable bonds is 11. The Kier molecular flexibility index (Phi) is 13.5. The standard InChI is InChI=1S/C20H36N2O8S2/c1-19(2,3)29-17(25)21-13(15(23)27-7)9-11-31-32-12-10-14(16(24)28-8)22-18(26)30-20(4,5)6/h13-14H,9-12H2,1-8H3,(H,21,25)(H,22,26)/t13-,14-/m0/s1. The molecule has 10 nitrogen and oxygen atoms in total. The van der Waals surface area contributed by atoms with E-state index in [0.717, 1.165) is 0 Å². The smallest absolute Gasteiger partial charge is 0.408 e. The van der Waals surface area contributed by atoms with Crippen molar-refractivity contribution in [3.8, 4) is 0 Å². The number of nitrogens with one attached hydrogen (secondary N) is 2. The first kappa shape index (κ1) is 30.2. The third-order valence-electron chi connectivity index (χ3n) is 3.42. The van der Waals surface area contributed by atoms with E-state index in [9.17, 15) is 19.2 Å². The predicted molar refractivity (Wildman–Crippen MR) is 124 cm³/mol. The molecule has 186 valence electrons. The summed E-state index contributed by atoms with van der Waals surface area (Å²) in [6, 6.07) is -1.67. The monoisotopic (exact) mass is 496 g/mol. The third kappa shape index (κ3) is 15.1. The average Bonchev–Trinajstić information content (AvgIpc) is 2.64. The van der Waals surface area contributed by atoms with Crippen LogP contribution in [0.3, 0.4) is 0 Å². The Bertz CT molecular complexity index is 578. The maximum Gasteiger partial charge on any atom is 0.408 e. The average molecular weight is 497 g/mol. The first-order chi connectivity index (χ1) is 14.7. The number of hydrogen-bond donors (Lipinski definition) is 2. The Morgan fingerprint density at radius 1 is 0.688 bits per heavy atom. The molecule has 0 saturated carbocycles. The second-order valence-electron chi connectivity index (χ2n) is 8.67. The van der Waals surface area contributed by atoms with Gasteiger partial charge in [-0.2, -0.15) is 0 Å². The minimum atomic E-state index is -0.834. The van der Waals surface area contributed by atoms with Gasteiger partial charge in [0.25, 0.3) is 0 Å². The highest BCUT2D eigenvalue weighted by molar-refractivity contribution is 8.76. The minimum absolute atomic E-state index is 0.334. The fourth-order valence-electron chi connectivity index (χ4n) is 2.13. The molecule has 0 aromatic rings. The van der Waals surface area contributed by atoms with E-state index >= 15 is 0 Å². The summed E-state index contributed by atoms with van der Waals surface area (Å²) in [6.45, 7) is 10.4. The molecule has 0 aromatic heterocycles. The largest absolute Gasteiger partial charge is 0.467 e. The van der Waals surface area contributed by atoms with Crippen molar-refractivity contribution in [1.29, 1.82) is 0 Å². The molecule has 0 aliphatic rings. The normalized spacial score (nSPS) is 13.4. The Morgan fingerprint density at radius 2 is 1.00 bits per heavy atom. The number of ether oxygens (including phenoxy) is 4. The van der Waals surface area contributed by atoms with Crippen LogP contribution in [0.2, 0.25) is 0 Å². The van der Waals surface area contributed by atoms with Crippen LogP contribution in [-0.2, 0) is 28.5 Å². The van der Waals surface area contributed by atoms with Crippen molar-refractivity contribution >= 4 is 45.7 Å². The van der Waals surface area contributed by atoms with E-state index in [1.807, 2.05) is 0 Å². The van der Waals surface area contributed by atoms with Crippen LogP contribution in [0.25, 0.3) is 0 Å². The molecule has 0 bridgehead atoms. The lowest BCUT2D eigenvalue weighted by atomic mass is 10.2. The van der Waals surface area contributed by atoms with Crippen LogP contribution in [0.1, 0.15) is 54.4 Å². The summed E-state index contributed by atoms with van der Waals surface area (Å²) in [5.74, 6) is -0.0619. The van der Waals surface area contributed by atoms with Gasteiger partial charge >= 0.3 is 24.1 Å². The number of carbonyl (C=O) groups is 4. The van der Waals surface area contributed by atoms with Gasteiger partial charge in [0, 0.05) is 11.5 Å². The minimum Gasteiger partial charge on any atom is -0.467 e. The van der Waals surface area contributed by atoms with Crippen molar-refractivity contribution in [3.63, 3.8) is 0 Å². The van der Waals surface area contributed by atoms with E-state index in [0.29, 0.717) is 24.3 Å². The zero-order chi connectivity index (χ0) is 24.9. The van der Waals surface area contributed by atoms with Gasteiger partial charge in [-0.1, -0.05) is 21.6 Å². The number of alkyl carbamates (subject to hydrolysis) is 2. The number of hydrogen-bond acceptors (Lipinski definition) is 10. The van der Waals surface area contributed by atoms with Gasteiger partial charge in [-0.15, -0.1) is 0 Å². The molecule has 12 heteroatoms. The summed E-state index contributed by atoms with van der Waals surface area (Å²) in [5.41, 5.74) is -1.36. The summed E-state index contributed by atoms with van der Waals surface area (Å²) < 4.78 is 19.8. The Balaban J connectivity index is 4.49. The van der Waals surface area contributed by atoms with Gasteiger partial charge in [-0.25, -0.2) is 19.2 Å². The molecule has 2 N–H and O–H groups in total. The first-order valence-corrected chi connectivity index (χ1v) is 12.6. The summed E-state index contributed by atoms with van der Waals surface area (Å²) in [4.78, 5) is 47.7. The molecule has 0 fully saturated rings. The lowest BCUT2D eigenvalue weighted by molar-refractivity contribution is -0.143. The van der Waals surface area contributed by atoms with Crippen LogP contribution >= 0.6 is 21.6 Å². The third-order valence-corrected chi connectivity index (χ3v) is 5.89. The van der Waals surface area contributed by atoms with E-state index in [1.165, 1.54) is 35.8 Å². The highest BCUT2D eigenvalue weighted by atomic mass is 33.1. The second kappa shape index (κ2) is 14.4. The van der Waals surface area contributed by atoms with Crippen molar-refractivity contribution < 1.29 is 38.1 Å². The lowest BCUT2D eigenvalue weighted by Crippen LogP contribution is -2.44. The molecule has 0 aromatic carbocycles. The Labute approximate surface area is 198 Å². The molecule has 0 heterocycles. The second-order valence-corrected chi connectivity index (χ2v) is 11.4. The quantitative estimate of drug-likeness (QED) is 0.190. The van der Waals surface area contributed by atoms with Crippen molar-refractivity contribution in [3.05, 3.63) is 0 Å². The number of carbonyl (C=O) groups excluding carboxylic acids is 4. The molecular formula is C20H36N2O8S2. The molecule has 32 heavy (non-hydrogen) atoms. The van der Waals surface area contributed by atoms with E-state index in [2.05, 4.69) is 10.6 Å². The van der Waals surface area contributed by atoms with Crippen LogP contribution in [0, 0.1) is 0 Å². The molecule has 0 unspecified atom stereocenters. The number of esters is 2. The molecule has 0 radical (unpaired) electrons. The van der Waals surface area contributed by atoms with Crippen LogP contribution in [-0.4, -0.2) is 73.1 Å². The molecule has 0 rings (SSSR count). The summed E-state index contributed by atoms with van der Waals surface area (Å²) >= 11 is 0. The van der Waals surface area contributed by atoms with Gasteiger partial charge in [0.15, 0.2) is 0 Å². The molecule has 0 aliphatic heterocycles. The van der Waals surface area contributed by atoms with E-state index in [-0.39, 0.29) is 0 Å². The SMILES string of the molecule is COC(=O)[C@H](CCSSCC[C@H](NC(=O)OC(C)(C)C)C(=O)OC)NC(=O)OC(C)(C)C. The topological polar surface area (TPSA) is 129 Å². The molecule has 2 amide bonds. The lowest BCUT2D eigenvalue weighted by Gasteiger charge is -2.23. The molecule has 0 aliphatic carbocycles. The van der Waals surface area contributed by atoms with Gasteiger partial charge < -0.3 is 29.6 Å². The van der Waals surface area contributed by atoms with Gasteiger partial charge in [-0.05, 0) is 54.4 Å². The fraction of sp³-hybridized carbons (Fsp3) is 0.800. The number of methoxy groups -OCH3 is 2. The van der Waals surface area contributed by atoms with Crippen molar-refractivity contribution in [2.24, 2.45) is 0 Å². The summed E-state index contributed by atoms with van der Waals surface area (Å²) in [7, 11) is 5.42. The van der Waals surface area contributed by atoms with Crippen molar-refractivity contribution in [2.75, 3.05) is 25.7 Å². The fourth-order valence-corrected chi connectivity index (χ4v) is 4.32. The summed E-state index contributed by atoms with van der Waals surface area (Å²) in [5, 5.41) is 5.03. The Hall–Kier alpha value is -1.82. The maximum absolute atomic E-state index is 11.9. The van der Waals surface area contributed by atoms with Crippen molar-refractivity contribution in [2.45, 2.75) is 77.7 Å². The maximum atomic E-state index is 11.9. The first-order valence-electron chi connectivity index (χ1n) is 10.1. The van der Waals surface area contributed by atoms with Crippen LogP contribution in [0.5, 0.6) is 0 Å². The molecule has 2 atom stereocenters. The zero-order valence-corrected chi connectivity index (χ0v) is 21.7.